The van der Waals surface area contributed by atoms with Crippen molar-refractivity contribution in [3.8, 4) is 0 Å². The van der Waals surface area contributed by atoms with Gasteiger partial charge in [-0.05, 0) is 24.7 Å². The van der Waals surface area contributed by atoms with Crippen LogP contribution in [0.5, 0.6) is 0 Å². The summed E-state index contributed by atoms with van der Waals surface area (Å²) in [6.07, 6.45) is 0.415. The molecule has 0 radical (unpaired) electrons. The number of halogens is 2. The first kappa shape index (κ1) is 10.9. The van der Waals surface area contributed by atoms with E-state index < -0.39 is 12.0 Å². The van der Waals surface area contributed by atoms with Gasteiger partial charge in [-0.25, -0.2) is 8.78 Å². The van der Waals surface area contributed by atoms with Crippen molar-refractivity contribution in [1.82, 2.24) is 0 Å². The van der Waals surface area contributed by atoms with E-state index in [9.17, 15) is 13.9 Å². The lowest BCUT2D eigenvalue weighted by Crippen LogP contribution is -2.33. The number of alkyl halides is 2. The summed E-state index contributed by atoms with van der Waals surface area (Å²) in [7, 11) is 0. The molecule has 3 heteroatoms. The minimum atomic E-state index is -2.48. The smallest absolute Gasteiger partial charge is 0.248 e. The summed E-state index contributed by atoms with van der Waals surface area (Å²) >= 11 is 0. The van der Waals surface area contributed by atoms with E-state index in [-0.39, 0.29) is 24.7 Å². The van der Waals surface area contributed by atoms with Crippen molar-refractivity contribution in [3.63, 3.8) is 0 Å². The van der Waals surface area contributed by atoms with Crippen molar-refractivity contribution >= 4 is 0 Å². The molecule has 1 aliphatic rings. The summed E-state index contributed by atoms with van der Waals surface area (Å²) in [5.74, 6) is -2.22. The van der Waals surface area contributed by atoms with Crippen molar-refractivity contribution < 1.29 is 13.9 Å². The minimum Gasteiger partial charge on any atom is -0.393 e. The summed E-state index contributed by atoms with van der Waals surface area (Å²) in [6.45, 7) is 3.86. The third kappa shape index (κ3) is 2.90. The van der Waals surface area contributed by atoms with Crippen LogP contribution in [-0.2, 0) is 0 Å². The van der Waals surface area contributed by atoms with E-state index in [4.69, 9.17) is 0 Å². The van der Waals surface area contributed by atoms with Crippen LogP contribution >= 0.6 is 0 Å². The molecule has 0 bridgehead atoms. The molecule has 1 saturated carbocycles. The highest BCUT2D eigenvalue weighted by Crippen LogP contribution is 2.38. The van der Waals surface area contributed by atoms with Crippen LogP contribution in [-0.4, -0.2) is 17.1 Å². The topological polar surface area (TPSA) is 20.2 Å². The van der Waals surface area contributed by atoms with Gasteiger partial charge in [0.2, 0.25) is 5.92 Å². The van der Waals surface area contributed by atoms with Gasteiger partial charge in [0.15, 0.2) is 0 Å². The van der Waals surface area contributed by atoms with Crippen molar-refractivity contribution in [2.45, 2.75) is 51.6 Å². The molecule has 0 aromatic heterocycles. The van der Waals surface area contributed by atoms with E-state index in [2.05, 4.69) is 0 Å². The Labute approximate surface area is 78.1 Å². The highest BCUT2D eigenvalue weighted by molar-refractivity contribution is 4.82. The SMILES string of the molecule is CC(C)[C@@H](O)C1CCC(F)(F)CC1. The number of rotatable bonds is 2. The van der Waals surface area contributed by atoms with Crippen LogP contribution in [0.3, 0.4) is 0 Å². The van der Waals surface area contributed by atoms with Crippen molar-refractivity contribution in [2.75, 3.05) is 0 Å². The molecule has 0 unspecified atom stereocenters. The number of hydrogen-bond donors (Lipinski definition) is 1. The zero-order valence-corrected chi connectivity index (χ0v) is 8.26. The number of aliphatic hydroxyl groups is 1. The van der Waals surface area contributed by atoms with Gasteiger partial charge in [-0.15, -0.1) is 0 Å². The van der Waals surface area contributed by atoms with Gasteiger partial charge in [0.05, 0.1) is 6.10 Å². The molecule has 13 heavy (non-hydrogen) atoms. The van der Waals surface area contributed by atoms with Gasteiger partial charge in [0.25, 0.3) is 0 Å². The zero-order chi connectivity index (χ0) is 10.1. The second-order valence-electron chi connectivity index (χ2n) is 4.43. The first-order valence-corrected chi connectivity index (χ1v) is 4.98. The molecule has 0 saturated heterocycles. The lowest BCUT2D eigenvalue weighted by Gasteiger charge is -2.32. The Morgan fingerprint density at radius 3 is 2.08 bits per heavy atom. The van der Waals surface area contributed by atoms with Crippen LogP contribution in [0.15, 0.2) is 0 Å². The number of hydrogen-bond acceptors (Lipinski definition) is 1. The molecule has 0 aromatic rings. The molecule has 0 spiro atoms. The molecular weight excluding hydrogens is 174 g/mol. The molecule has 1 N–H and O–H groups in total. The maximum atomic E-state index is 12.8. The highest BCUT2D eigenvalue weighted by Gasteiger charge is 2.37. The molecule has 1 nitrogen and oxygen atoms in total. The van der Waals surface area contributed by atoms with Crippen LogP contribution < -0.4 is 0 Å². The fourth-order valence-corrected chi connectivity index (χ4v) is 1.95. The Hall–Kier alpha value is -0.180. The third-order valence-corrected chi connectivity index (χ3v) is 2.93. The third-order valence-electron chi connectivity index (χ3n) is 2.93. The van der Waals surface area contributed by atoms with Crippen LogP contribution in [0.4, 0.5) is 8.78 Å². The molecule has 0 heterocycles. The first-order chi connectivity index (χ1) is 5.92. The van der Waals surface area contributed by atoms with Gasteiger partial charge in [-0.3, -0.25) is 0 Å². The van der Waals surface area contributed by atoms with Crippen molar-refractivity contribution in [1.29, 1.82) is 0 Å². The maximum Gasteiger partial charge on any atom is 0.248 e. The number of aliphatic hydroxyl groups excluding tert-OH is 1. The summed E-state index contributed by atoms with van der Waals surface area (Å²) < 4.78 is 25.5. The van der Waals surface area contributed by atoms with Crippen molar-refractivity contribution in [3.05, 3.63) is 0 Å². The second kappa shape index (κ2) is 3.91. The van der Waals surface area contributed by atoms with Crippen LogP contribution in [0, 0.1) is 11.8 Å². The standard InChI is InChI=1S/C10H18F2O/c1-7(2)9(13)8-3-5-10(11,12)6-4-8/h7-9,13H,3-6H2,1-2H3/t9-/m1/s1. The Morgan fingerprint density at radius 2 is 1.69 bits per heavy atom. The van der Waals surface area contributed by atoms with E-state index >= 15 is 0 Å². The van der Waals surface area contributed by atoms with E-state index in [0.717, 1.165) is 0 Å². The second-order valence-corrected chi connectivity index (χ2v) is 4.43. The zero-order valence-electron chi connectivity index (χ0n) is 8.26. The van der Waals surface area contributed by atoms with E-state index in [1.165, 1.54) is 0 Å². The molecule has 0 aliphatic heterocycles. The van der Waals surface area contributed by atoms with E-state index in [0.29, 0.717) is 12.8 Å². The highest BCUT2D eigenvalue weighted by atomic mass is 19.3. The van der Waals surface area contributed by atoms with Gasteiger partial charge in [0.1, 0.15) is 0 Å². The predicted octanol–water partition coefficient (Wildman–Crippen LogP) is 2.83. The predicted molar refractivity (Wildman–Crippen MR) is 47.7 cm³/mol. The van der Waals surface area contributed by atoms with Gasteiger partial charge in [-0.2, -0.15) is 0 Å². The van der Waals surface area contributed by atoms with E-state index in [1.807, 2.05) is 13.8 Å². The molecule has 1 fully saturated rings. The first-order valence-electron chi connectivity index (χ1n) is 4.98. The quantitative estimate of drug-likeness (QED) is 0.713. The molecule has 78 valence electrons. The summed E-state index contributed by atoms with van der Waals surface area (Å²) in [6, 6.07) is 0. The Kier molecular flexibility index (Phi) is 3.28. The van der Waals surface area contributed by atoms with Gasteiger partial charge < -0.3 is 5.11 Å². The average molecular weight is 192 g/mol. The summed E-state index contributed by atoms with van der Waals surface area (Å²) in [5, 5.41) is 9.68. The lowest BCUT2D eigenvalue weighted by molar-refractivity contribution is -0.0680. The average Bonchev–Trinajstić information content (AvgIpc) is 2.03. The molecular formula is C10H18F2O. The largest absolute Gasteiger partial charge is 0.393 e. The monoisotopic (exact) mass is 192 g/mol. The minimum absolute atomic E-state index is 0.0541. The van der Waals surface area contributed by atoms with E-state index in [1.54, 1.807) is 0 Å². The fraction of sp³-hybridized carbons (Fsp3) is 1.00. The molecule has 1 rings (SSSR count). The Balaban J connectivity index is 2.41. The van der Waals surface area contributed by atoms with Gasteiger partial charge in [0, 0.05) is 12.8 Å². The summed E-state index contributed by atoms with van der Waals surface area (Å²) in [5.41, 5.74) is 0. The Bertz CT molecular complexity index is 158. The molecule has 0 amide bonds. The molecule has 1 atom stereocenters. The maximum absolute atomic E-state index is 12.8. The summed E-state index contributed by atoms with van der Waals surface area (Å²) in [4.78, 5) is 0. The van der Waals surface area contributed by atoms with Gasteiger partial charge >= 0.3 is 0 Å². The normalized spacial score (nSPS) is 26.3. The van der Waals surface area contributed by atoms with Gasteiger partial charge in [-0.1, -0.05) is 13.8 Å². The van der Waals surface area contributed by atoms with Crippen molar-refractivity contribution in [2.24, 2.45) is 11.8 Å². The fourth-order valence-electron chi connectivity index (χ4n) is 1.95. The molecule has 0 aromatic carbocycles. The molecule has 1 aliphatic carbocycles. The van der Waals surface area contributed by atoms with Crippen LogP contribution in [0.25, 0.3) is 0 Å². The lowest BCUT2D eigenvalue weighted by atomic mass is 9.80. The van der Waals surface area contributed by atoms with Crippen LogP contribution in [0.2, 0.25) is 0 Å². The van der Waals surface area contributed by atoms with Crippen LogP contribution in [0.1, 0.15) is 39.5 Å². The Morgan fingerprint density at radius 1 is 1.23 bits per heavy atom.